The first-order chi connectivity index (χ1) is 9.47. The molecule has 0 aliphatic carbocycles. The highest BCUT2D eigenvalue weighted by molar-refractivity contribution is 7.99. The number of hydrogen-bond acceptors (Lipinski definition) is 5. The van der Waals surface area contributed by atoms with Gasteiger partial charge in [-0.1, -0.05) is 41.6 Å². The van der Waals surface area contributed by atoms with E-state index in [1.807, 2.05) is 19.1 Å². The summed E-state index contributed by atoms with van der Waals surface area (Å²) in [7, 11) is 1.55. The average Bonchev–Trinajstić information content (AvgIpc) is 2.41. The van der Waals surface area contributed by atoms with Crippen molar-refractivity contribution in [3.63, 3.8) is 0 Å². The van der Waals surface area contributed by atoms with Crippen molar-refractivity contribution in [2.24, 2.45) is 7.05 Å². The predicted molar refractivity (Wildman–Crippen MR) is 77.4 cm³/mol. The lowest BCUT2D eigenvalue weighted by Crippen LogP contribution is -2.18. The fourth-order valence-corrected chi connectivity index (χ4v) is 2.46. The summed E-state index contributed by atoms with van der Waals surface area (Å²) >= 11 is 1.12. The van der Waals surface area contributed by atoms with E-state index in [9.17, 15) is 14.7 Å². The van der Waals surface area contributed by atoms with Crippen LogP contribution in [0.25, 0.3) is 0 Å². The maximum Gasteiger partial charge on any atom is 0.257 e. The van der Waals surface area contributed by atoms with E-state index in [0.717, 1.165) is 23.4 Å². The van der Waals surface area contributed by atoms with E-state index in [2.05, 4.69) is 4.98 Å². The van der Waals surface area contributed by atoms with E-state index >= 15 is 0 Å². The van der Waals surface area contributed by atoms with Crippen molar-refractivity contribution in [2.75, 3.05) is 5.75 Å². The Morgan fingerprint density at radius 2 is 2.00 bits per heavy atom. The smallest absolute Gasteiger partial charge is 0.257 e. The fourth-order valence-electron chi connectivity index (χ4n) is 1.59. The summed E-state index contributed by atoms with van der Waals surface area (Å²) in [4.78, 5) is 27.3. The quantitative estimate of drug-likeness (QED) is 0.528. The van der Waals surface area contributed by atoms with Crippen molar-refractivity contribution in [1.29, 1.82) is 0 Å². The van der Waals surface area contributed by atoms with E-state index in [-0.39, 0.29) is 23.0 Å². The molecule has 0 atom stereocenters. The van der Waals surface area contributed by atoms with E-state index < -0.39 is 0 Å². The van der Waals surface area contributed by atoms with Crippen molar-refractivity contribution in [1.82, 2.24) is 9.55 Å². The molecule has 0 fully saturated rings. The molecule has 0 radical (unpaired) electrons. The maximum absolute atomic E-state index is 12.0. The molecule has 104 valence electrons. The molecule has 20 heavy (non-hydrogen) atoms. The van der Waals surface area contributed by atoms with Crippen LogP contribution in [0.5, 0.6) is 5.88 Å². The molecule has 0 bridgehead atoms. The first-order valence-corrected chi connectivity index (χ1v) is 6.95. The second-order valence-electron chi connectivity index (χ2n) is 4.37. The molecule has 0 spiro atoms. The predicted octanol–water partition coefficient (Wildman–Crippen LogP) is 1.77. The van der Waals surface area contributed by atoms with Gasteiger partial charge in [-0.3, -0.25) is 14.2 Å². The standard InChI is InChI=1S/C14H14N2O3S/c1-9-3-5-10(6-4-9)11(17)8-20-14-15-12(18)7-13(19)16(14)2/h3-7,18H,8H2,1-2H3. The van der Waals surface area contributed by atoms with Gasteiger partial charge in [0.1, 0.15) is 0 Å². The van der Waals surface area contributed by atoms with E-state index in [4.69, 9.17) is 0 Å². The molecule has 0 saturated heterocycles. The van der Waals surface area contributed by atoms with Crippen LogP contribution in [0.1, 0.15) is 15.9 Å². The number of ketones is 1. The van der Waals surface area contributed by atoms with Gasteiger partial charge in [-0.15, -0.1) is 0 Å². The Balaban J connectivity index is 2.11. The van der Waals surface area contributed by atoms with Crippen LogP contribution >= 0.6 is 11.8 Å². The first kappa shape index (κ1) is 14.3. The van der Waals surface area contributed by atoms with E-state index in [1.54, 1.807) is 19.2 Å². The molecular weight excluding hydrogens is 276 g/mol. The highest BCUT2D eigenvalue weighted by atomic mass is 32.2. The Hall–Kier alpha value is -2.08. The van der Waals surface area contributed by atoms with Crippen LogP contribution < -0.4 is 5.56 Å². The number of benzene rings is 1. The second-order valence-corrected chi connectivity index (χ2v) is 5.31. The molecule has 1 aromatic carbocycles. The SMILES string of the molecule is Cc1ccc(C(=O)CSc2nc(O)cc(=O)n2C)cc1. The van der Waals surface area contributed by atoms with Crippen LogP contribution in [0.4, 0.5) is 0 Å². The molecule has 1 aromatic heterocycles. The van der Waals surface area contributed by atoms with Gasteiger partial charge in [-0.2, -0.15) is 4.98 Å². The summed E-state index contributed by atoms with van der Waals surface area (Å²) in [5, 5.41) is 9.62. The van der Waals surface area contributed by atoms with Crippen LogP contribution in [-0.4, -0.2) is 26.2 Å². The van der Waals surface area contributed by atoms with E-state index in [0.29, 0.717) is 10.7 Å². The Morgan fingerprint density at radius 1 is 1.35 bits per heavy atom. The highest BCUT2D eigenvalue weighted by Crippen LogP contribution is 2.17. The van der Waals surface area contributed by atoms with Gasteiger partial charge in [0.25, 0.3) is 5.56 Å². The molecule has 0 saturated carbocycles. The van der Waals surface area contributed by atoms with Crippen LogP contribution in [0.3, 0.4) is 0 Å². The van der Waals surface area contributed by atoms with E-state index in [1.165, 1.54) is 4.57 Å². The zero-order valence-corrected chi connectivity index (χ0v) is 12.0. The lowest BCUT2D eigenvalue weighted by Gasteiger charge is -2.06. The molecule has 2 rings (SSSR count). The number of carbonyl (C=O) groups is 1. The van der Waals surface area contributed by atoms with Gasteiger partial charge < -0.3 is 5.11 Å². The van der Waals surface area contributed by atoms with Gasteiger partial charge in [0.15, 0.2) is 10.9 Å². The minimum absolute atomic E-state index is 0.0485. The third-order valence-corrected chi connectivity index (χ3v) is 3.82. The molecule has 6 heteroatoms. The van der Waals surface area contributed by atoms with Crippen LogP contribution in [-0.2, 0) is 7.05 Å². The second kappa shape index (κ2) is 5.92. The molecule has 1 N–H and O–H groups in total. The summed E-state index contributed by atoms with van der Waals surface area (Å²) in [6.45, 7) is 1.95. The number of thioether (sulfide) groups is 1. The number of carbonyl (C=O) groups excluding carboxylic acids is 1. The molecule has 0 aliphatic rings. The fraction of sp³-hybridized carbons (Fsp3) is 0.214. The molecule has 2 aromatic rings. The third kappa shape index (κ3) is 3.27. The molecule has 5 nitrogen and oxygen atoms in total. The minimum Gasteiger partial charge on any atom is -0.493 e. The lowest BCUT2D eigenvalue weighted by molar-refractivity contribution is 0.102. The number of nitrogens with zero attached hydrogens (tertiary/aromatic N) is 2. The zero-order chi connectivity index (χ0) is 14.7. The zero-order valence-electron chi connectivity index (χ0n) is 11.2. The third-order valence-electron chi connectivity index (χ3n) is 2.79. The van der Waals surface area contributed by atoms with Crippen LogP contribution in [0.15, 0.2) is 40.3 Å². The molecule has 0 unspecified atom stereocenters. The number of aromatic nitrogens is 2. The molecular formula is C14H14N2O3S. The van der Waals surface area contributed by atoms with Gasteiger partial charge in [0.2, 0.25) is 5.88 Å². The van der Waals surface area contributed by atoms with Crippen LogP contribution in [0, 0.1) is 6.92 Å². The summed E-state index contributed by atoms with van der Waals surface area (Å²) in [5.74, 6) is -0.224. The number of rotatable bonds is 4. The Kier molecular flexibility index (Phi) is 4.24. The van der Waals surface area contributed by atoms with Crippen molar-refractivity contribution in [2.45, 2.75) is 12.1 Å². The van der Waals surface area contributed by atoms with Gasteiger partial charge in [-0.25, -0.2) is 0 Å². The Bertz CT molecular complexity index is 693. The summed E-state index contributed by atoms with van der Waals surface area (Å²) in [6, 6.07) is 8.33. The van der Waals surface area contributed by atoms with Crippen LogP contribution in [0.2, 0.25) is 0 Å². The monoisotopic (exact) mass is 290 g/mol. The topological polar surface area (TPSA) is 72.2 Å². The average molecular weight is 290 g/mol. The number of hydrogen-bond donors (Lipinski definition) is 1. The van der Waals surface area contributed by atoms with Gasteiger partial charge >= 0.3 is 0 Å². The highest BCUT2D eigenvalue weighted by Gasteiger charge is 2.10. The number of Topliss-reactive ketones (excluding diaryl/α,β-unsaturated/α-hetero) is 1. The van der Waals surface area contributed by atoms with Crippen molar-refractivity contribution in [3.05, 3.63) is 51.8 Å². The van der Waals surface area contributed by atoms with Gasteiger partial charge in [-0.05, 0) is 6.92 Å². The summed E-state index contributed by atoms with van der Waals surface area (Å²) in [6.07, 6.45) is 0. The molecule has 0 amide bonds. The molecule has 0 aliphatic heterocycles. The largest absolute Gasteiger partial charge is 0.493 e. The number of aromatic hydroxyl groups is 1. The Labute approximate surface area is 120 Å². The summed E-state index contributed by atoms with van der Waals surface area (Å²) in [5.41, 5.74) is 1.35. The molecule has 1 heterocycles. The van der Waals surface area contributed by atoms with Gasteiger partial charge in [0.05, 0.1) is 11.8 Å². The maximum atomic E-state index is 12.0. The summed E-state index contributed by atoms with van der Waals surface area (Å²) < 4.78 is 1.30. The first-order valence-electron chi connectivity index (χ1n) is 5.97. The normalized spacial score (nSPS) is 10.5. The van der Waals surface area contributed by atoms with Gasteiger partial charge in [0, 0.05) is 12.6 Å². The number of aryl methyl sites for hydroxylation is 1. The van der Waals surface area contributed by atoms with Crippen molar-refractivity contribution in [3.8, 4) is 5.88 Å². The van der Waals surface area contributed by atoms with Crippen molar-refractivity contribution >= 4 is 17.5 Å². The van der Waals surface area contributed by atoms with Crippen molar-refractivity contribution < 1.29 is 9.90 Å². The minimum atomic E-state index is -0.359. The lowest BCUT2D eigenvalue weighted by atomic mass is 10.1. The Morgan fingerprint density at radius 3 is 2.65 bits per heavy atom.